The van der Waals surface area contributed by atoms with Crippen LogP contribution in [0.3, 0.4) is 0 Å². The Morgan fingerprint density at radius 3 is 2.24 bits per heavy atom. The molecule has 0 saturated heterocycles. The van der Waals surface area contributed by atoms with Crippen LogP contribution in [-0.2, 0) is 0 Å². The number of hydrogen-bond donors (Lipinski definition) is 0. The van der Waals surface area contributed by atoms with Gasteiger partial charge in [-0.15, -0.1) is 13.2 Å². The molecule has 3 rings (SSSR count). The molecule has 25 heavy (non-hydrogen) atoms. The summed E-state index contributed by atoms with van der Waals surface area (Å²) < 4.78 is 52.3. The highest BCUT2D eigenvalue weighted by Gasteiger charge is 2.31. The first kappa shape index (κ1) is 17.1. The first-order valence-electron chi connectivity index (χ1n) is 7.61. The molecule has 0 spiro atoms. The number of ether oxygens (including phenoxy) is 3. The molecule has 0 bridgehead atoms. The van der Waals surface area contributed by atoms with Gasteiger partial charge < -0.3 is 14.2 Å². The molecule has 0 amide bonds. The Kier molecular flexibility index (Phi) is 4.32. The van der Waals surface area contributed by atoms with Crippen molar-refractivity contribution >= 4 is 21.7 Å². The highest BCUT2D eigenvalue weighted by Crippen LogP contribution is 2.35. The van der Waals surface area contributed by atoms with Gasteiger partial charge >= 0.3 is 6.36 Å². The Bertz CT molecular complexity index is 923. The van der Waals surface area contributed by atoms with Crippen molar-refractivity contribution in [2.45, 2.75) is 26.3 Å². The molecule has 3 aromatic rings. The van der Waals surface area contributed by atoms with Crippen molar-refractivity contribution in [3.05, 3.63) is 36.4 Å². The van der Waals surface area contributed by atoms with Crippen molar-refractivity contribution in [1.82, 2.24) is 4.98 Å². The van der Waals surface area contributed by atoms with Crippen molar-refractivity contribution in [1.29, 1.82) is 0 Å². The zero-order chi connectivity index (χ0) is 18.2. The van der Waals surface area contributed by atoms with E-state index in [0.717, 1.165) is 10.8 Å². The summed E-state index contributed by atoms with van der Waals surface area (Å²) >= 11 is 0. The molecule has 1 heterocycles. The lowest BCUT2D eigenvalue weighted by molar-refractivity contribution is -0.274. The smallest absolute Gasteiger partial charge is 0.497 e. The lowest BCUT2D eigenvalue weighted by atomic mass is 10.1. The van der Waals surface area contributed by atoms with E-state index in [1.807, 2.05) is 19.9 Å². The van der Waals surface area contributed by atoms with Gasteiger partial charge in [-0.1, -0.05) is 0 Å². The Morgan fingerprint density at radius 2 is 1.60 bits per heavy atom. The molecule has 0 fully saturated rings. The Hall–Kier alpha value is -2.70. The van der Waals surface area contributed by atoms with Crippen LogP contribution < -0.4 is 14.2 Å². The highest BCUT2D eigenvalue weighted by atomic mass is 19.4. The molecule has 132 valence electrons. The first-order chi connectivity index (χ1) is 11.8. The molecular formula is C18H16F3NO3. The third-order valence-corrected chi connectivity index (χ3v) is 3.52. The number of benzene rings is 2. The molecule has 4 nitrogen and oxygen atoms in total. The third kappa shape index (κ3) is 3.70. The van der Waals surface area contributed by atoms with Crippen LogP contribution in [0.4, 0.5) is 13.2 Å². The Labute approximate surface area is 142 Å². The van der Waals surface area contributed by atoms with Gasteiger partial charge in [0.05, 0.1) is 18.7 Å². The molecule has 7 heteroatoms. The number of hydrogen-bond acceptors (Lipinski definition) is 4. The van der Waals surface area contributed by atoms with E-state index in [4.69, 9.17) is 9.47 Å². The second-order valence-electron chi connectivity index (χ2n) is 5.72. The monoisotopic (exact) mass is 351 g/mol. The van der Waals surface area contributed by atoms with Gasteiger partial charge in [-0.2, -0.15) is 0 Å². The van der Waals surface area contributed by atoms with E-state index >= 15 is 0 Å². The summed E-state index contributed by atoms with van der Waals surface area (Å²) in [7, 11) is 1.55. The summed E-state index contributed by atoms with van der Waals surface area (Å²) in [6.07, 6.45) is -4.90. The van der Waals surface area contributed by atoms with Crippen molar-refractivity contribution in [3.63, 3.8) is 0 Å². The number of methoxy groups -OCH3 is 1. The molecule has 0 N–H and O–H groups in total. The van der Waals surface area contributed by atoms with Gasteiger partial charge in [0, 0.05) is 16.8 Å². The van der Waals surface area contributed by atoms with Gasteiger partial charge in [-0.05, 0) is 49.6 Å². The molecule has 0 radical (unpaired) electrons. The molecule has 0 aliphatic heterocycles. The van der Waals surface area contributed by atoms with E-state index in [2.05, 4.69) is 9.72 Å². The van der Waals surface area contributed by atoms with Crippen LogP contribution in [0.25, 0.3) is 21.7 Å². The van der Waals surface area contributed by atoms with Gasteiger partial charge in [0.25, 0.3) is 0 Å². The molecular weight excluding hydrogens is 335 g/mol. The standard InChI is InChI=1S/C18H16F3NO3/c1-10(2)24-17-15-8-11(23-3)4-6-13(15)14-7-5-12(9-16(14)22-17)25-18(19,20)21/h4-10H,1-3H3. The second-order valence-corrected chi connectivity index (χ2v) is 5.72. The summed E-state index contributed by atoms with van der Waals surface area (Å²) in [5, 5.41) is 2.23. The second kappa shape index (κ2) is 6.31. The summed E-state index contributed by atoms with van der Waals surface area (Å²) in [4.78, 5) is 4.38. The molecule has 0 unspecified atom stereocenters. The zero-order valence-corrected chi connectivity index (χ0v) is 13.8. The number of nitrogens with zero attached hydrogens (tertiary/aromatic N) is 1. The fraction of sp³-hybridized carbons (Fsp3) is 0.278. The average Bonchev–Trinajstić information content (AvgIpc) is 2.52. The maximum atomic E-state index is 12.4. The minimum atomic E-state index is -4.75. The molecule has 0 aliphatic rings. The van der Waals surface area contributed by atoms with Crippen molar-refractivity contribution in [3.8, 4) is 17.4 Å². The van der Waals surface area contributed by atoms with Crippen LogP contribution in [0.1, 0.15) is 13.8 Å². The lowest BCUT2D eigenvalue weighted by Gasteiger charge is -2.15. The predicted molar refractivity (Wildman–Crippen MR) is 88.2 cm³/mol. The molecule has 0 saturated carbocycles. The predicted octanol–water partition coefficient (Wildman–Crippen LogP) is 5.08. The summed E-state index contributed by atoms with van der Waals surface area (Å²) in [5.41, 5.74) is 0.357. The van der Waals surface area contributed by atoms with Crippen molar-refractivity contribution < 1.29 is 27.4 Å². The largest absolute Gasteiger partial charge is 0.573 e. The van der Waals surface area contributed by atoms with Crippen LogP contribution >= 0.6 is 0 Å². The maximum Gasteiger partial charge on any atom is 0.573 e. The molecule has 0 atom stereocenters. The number of alkyl halides is 3. The van der Waals surface area contributed by atoms with E-state index in [1.54, 1.807) is 25.3 Å². The summed E-state index contributed by atoms with van der Waals surface area (Å²) in [5.74, 6) is 0.649. The van der Waals surface area contributed by atoms with E-state index in [0.29, 0.717) is 22.5 Å². The fourth-order valence-electron chi connectivity index (χ4n) is 2.57. The average molecular weight is 351 g/mol. The van der Waals surface area contributed by atoms with E-state index in [9.17, 15) is 13.2 Å². The number of rotatable bonds is 4. The maximum absolute atomic E-state index is 12.4. The van der Waals surface area contributed by atoms with Gasteiger partial charge in [0.1, 0.15) is 11.5 Å². The third-order valence-electron chi connectivity index (χ3n) is 3.52. The SMILES string of the molecule is COc1ccc2c(c1)c(OC(C)C)nc1cc(OC(F)(F)F)ccc12. The first-order valence-corrected chi connectivity index (χ1v) is 7.61. The van der Waals surface area contributed by atoms with Gasteiger partial charge in [-0.3, -0.25) is 0 Å². The van der Waals surface area contributed by atoms with Crippen LogP contribution in [0.2, 0.25) is 0 Å². The number of fused-ring (bicyclic) bond motifs is 3. The Balaban J connectivity index is 2.23. The van der Waals surface area contributed by atoms with E-state index in [1.165, 1.54) is 12.1 Å². The quantitative estimate of drug-likeness (QED) is 0.615. The minimum Gasteiger partial charge on any atom is -0.497 e. The molecule has 1 aromatic heterocycles. The number of pyridine rings is 1. The summed E-state index contributed by atoms with van der Waals surface area (Å²) in [6.45, 7) is 3.70. The lowest BCUT2D eigenvalue weighted by Crippen LogP contribution is -2.17. The Morgan fingerprint density at radius 1 is 0.920 bits per heavy atom. The van der Waals surface area contributed by atoms with Crippen molar-refractivity contribution in [2.75, 3.05) is 7.11 Å². The van der Waals surface area contributed by atoms with Crippen LogP contribution in [0.5, 0.6) is 17.4 Å². The highest BCUT2D eigenvalue weighted by molar-refractivity contribution is 6.08. The van der Waals surface area contributed by atoms with E-state index in [-0.39, 0.29) is 11.9 Å². The zero-order valence-electron chi connectivity index (χ0n) is 13.8. The molecule has 0 aliphatic carbocycles. The molecule has 2 aromatic carbocycles. The van der Waals surface area contributed by atoms with Gasteiger partial charge in [-0.25, -0.2) is 4.98 Å². The van der Waals surface area contributed by atoms with Crippen LogP contribution in [-0.4, -0.2) is 24.6 Å². The number of aromatic nitrogens is 1. The van der Waals surface area contributed by atoms with Crippen LogP contribution in [0, 0.1) is 0 Å². The minimum absolute atomic E-state index is 0.144. The fourth-order valence-corrected chi connectivity index (χ4v) is 2.57. The van der Waals surface area contributed by atoms with E-state index < -0.39 is 6.36 Å². The van der Waals surface area contributed by atoms with Crippen molar-refractivity contribution in [2.24, 2.45) is 0 Å². The number of halogens is 3. The van der Waals surface area contributed by atoms with Crippen LogP contribution in [0.15, 0.2) is 36.4 Å². The van der Waals surface area contributed by atoms with Gasteiger partial charge in [0.15, 0.2) is 0 Å². The van der Waals surface area contributed by atoms with Gasteiger partial charge in [0.2, 0.25) is 5.88 Å². The normalized spacial score (nSPS) is 12.0. The summed E-state index contributed by atoms with van der Waals surface area (Å²) in [6, 6.07) is 9.47. The topological polar surface area (TPSA) is 40.6 Å².